The standard InChI is InChI=1S/C51H75N3O7Si2/c1-32-45-42(27-39-37-25-24-34-26-41(56)40(53-54-52)29-49(34,10)38(37)28-43(50(39,45)11)58-33(2)55)59-51(32)44(30-48(9,61-51)31-57-62(12,13)46(3,4)5)60-63(47(6,7)8,35-20-16-14-17-21-35)36-22-18-15-19-23-36/h14-23,32,34,37-40,42-45H,24-31H2,1-13H3/t32-,34-,37+,38-,39-,40+,42-,43+,44+,45-,48-,49-,50+,51-/m0/s1. The van der Waals surface area contributed by atoms with Gasteiger partial charge in [0.05, 0.1) is 24.4 Å². The Kier molecular flexibility index (Phi) is 11.8. The zero-order valence-electron chi connectivity index (χ0n) is 40.4. The van der Waals surface area contributed by atoms with Gasteiger partial charge in [-0.15, -0.1) is 0 Å². The fraction of sp³-hybridized carbons (Fsp3) is 0.725. The molecular weight excluding hydrogens is 823 g/mol. The summed E-state index contributed by atoms with van der Waals surface area (Å²) in [5.41, 5.74) is 8.12. The van der Waals surface area contributed by atoms with Gasteiger partial charge in [0.25, 0.3) is 8.32 Å². The van der Waals surface area contributed by atoms with Crippen molar-refractivity contribution in [3.8, 4) is 0 Å². The Morgan fingerprint density at radius 3 is 2.06 bits per heavy atom. The van der Waals surface area contributed by atoms with Crippen LogP contribution in [-0.2, 0) is 32.7 Å². The van der Waals surface area contributed by atoms with Crippen molar-refractivity contribution in [2.24, 2.45) is 51.5 Å². The molecule has 2 saturated heterocycles. The number of azide groups is 1. The lowest BCUT2D eigenvalue weighted by Gasteiger charge is -2.62. The second kappa shape index (κ2) is 15.9. The summed E-state index contributed by atoms with van der Waals surface area (Å²) in [7, 11) is -5.26. The first-order chi connectivity index (χ1) is 29.4. The van der Waals surface area contributed by atoms with E-state index in [2.05, 4.69) is 153 Å². The summed E-state index contributed by atoms with van der Waals surface area (Å²) in [6.45, 7) is 29.7. The average Bonchev–Trinajstić information content (AvgIpc) is 3.78. The van der Waals surface area contributed by atoms with Crippen LogP contribution in [-0.4, -0.2) is 70.7 Å². The van der Waals surface area contributed by atoms with Crippen LogP contribution in [0, 0.1) is 46.3 Å². The van der Waals surface area contributed by atoms with Crippen LogP contribution >= 0.6 is 0 Å². The molecule has 2 aliphatic heterocycles. The molecule has 2 aromatic carbocycles. The lowest BCUT2D eigenvalue weighted by molar-refractivity contribution is -0.284. The number of Topliss-reactive ketones (excluding diaryl/α,β-unsaturated/α-hetero) is 1. The van der Waals surface area contributed by atoms with Gasteiger partial charge in [0.2, 0.25) is 0 Å². The molecule has 0 amide bonds. The molecule has 2 heterocycles. The molecule has 0 bridgehead atoms. The molecule has 0 N–H and O–H groups in total. The van der Waals surface area contributed by atoms with E-state index < -0.39 is 45.6 Å². The maximum Gasteiger partial charge on any atom is 0.302 e. The Bertz CT molecular complexity index is 2060. The number of ketones is 1. The molecule has 0 unspecified atom stereocenters. The van der Waals surface area contributed by atoms with Gasteiger partial charge in [-0.2, -0.15) is 0 Å². The number of benzene rings is 2. The molecule has 0 radical (unpaired) electrons. The van der Waals surface area contributed by atoms with Crippen molar-refractivity contribution in [2.45, 2.75) is 180 Å². The van der Waals surface area contributed by atoms with Gasteiger partial charge in [0, 0.05) is 41.9 Å². The minimum Gasteiger partial charge on any atom is -0.462 e. The molecule has 0 aromatic heterocycles. The number of carbonyl (C=O) groups is 2. The maximum absolute atomic E-state index is 13.2. The summed E-state index contributed by atoms with van der Waals surface area (Å²) in [6, 6.07) is 21.1. The van der Waals surface area contributed by atoms with E-state index in [9.17, 15) is 15.1 Å². The Labute approximate surface area is 379 Å². The smallest absolute Gasteiger partial charge is 0.302 e. The van der Waals surface area contributed by atoms with Gasteiger partial charge in [-0.05, 0) is 107 Å². The third-order valence-electron chi connectivity index (χ3n) is 18.4. The monoisotopic (exact) mass is 898 g/mol. The zero-order valence-corrected chi connectivity index (χ0v) is 42.4. The predicted molar refractivity (Wildman–Crippen MR) is 251 cm³/mol. The van der Waals surface area contributed by atoms with Crippen LogP contribution in [0.1, 0.15) is 121 Å². The third-order valence-corrected chi connectivity index (χ3v) is 28.0. The average molecular weight is 898 g/mol. The lowest BCUT2D eigenvalue weighted by Crippen LogP contribution is -2.69. The van der Waals surface area contributed by atoms with E-state index in [1.54, 1.807) is 0 Å². The number of ether oxygens (including phenoxy) is 3. The first-order valence-corrected chi connectivity index (χ1v) is 28.7. The number of fused-ring (bicyclic) bond motifs is 7. The van der Waals surface area contributed by atoms with E-state index in [4.69, 9.17) is 23.1 Å². The van der Waals surface area contributed by atoms with E-state index in [0.29, 0.717) is 38.2 Å². The van der Waals surface area contributed by atoms with Crippen molar-refractivity contribution >= 4 is 38.8 Å². The molecule has 4 aliphatic carbocycles. The normalized spacial score (nSPS) is 40.1. The van der Waals surface area contributed by atoms with Gasteiger partial charge in [-0.1, -0.05) is 128 Å². The topological polar surface area (TPSA) is 129 Å². The summed E-state index contributed by atoms with van der Waals surface area (Å²) in [5, 5.41) is 6.21. The summed E-state index contributed by atoms with van der Waals surface area (Å²) in [4.78, 5) is 29.6. The van der Waals surface area contributed by atoms with Crippen molar-refractivity contribution in [1.82, 2.24) is 0 Å². The van der Waals surface area contributed by atoms with Gasteiger partial charge in [-0.3, -0.25) is 9.59 Å². The number of esters is 1. The van der Waals surface area contributed by atoms with E-state index in [0.717, 1.165) is 19.3 Å². The molecule has 63 heavy (non-hydrogen) atoms. The van der Waals surface area contributed by atoms with Gasteiger partial charge >= 0.3 is 5.97 Å². The van der Waals surface area contributed by atoms with E-state index in [1.165, 1.54) is 17.3 Å². The molecule has 1 spiro atoms. The SMILES string of the molecule is CC(=O)O[C@@H]1C[C@H]2[C@@H](CC[C@H]3CC(=O)[C@H](N=[N+]=[N-])C[C@@]32C)[C@@H]2C[C@@H]3O[C@]4(O[C@](C)(CO[Si](C)(C)C(C)(C)C)C[C@H]4O[Si](c4ccccc4)(c4ccccc4)C(C)(C)C)[C@@H](C)[C@@H]3[C@@]12C. The van der Waals surface area contributed by atoms with Crippen LogP contribution in [0.3, 0.4) is 0 Å². The van der Waals surface area contributed by atoms with Crippen molar-refractivity contribution in [2.75, 3.05) is 6.61 Å². The highest BCUT2D eigenvalue weighted by Crippen LogP contribution is 2.72. The van der Waals surface area contributed by atoms with Gasteiger partial charge in [-0.25, -0.2) is 0 Å². The van der Waals surface area contributed by atoms with Crippen molar-refractivity contribution in [1.29, 1.82) is 0 Å². The quantitative estimate of drug-likeness (QED) is 0.0806. The number of nitrogens with zero attached hydrogens (tertiary/aromatic N) is 3. The Hall–Kier alpha value is -2.84. The third kappa shape index (κ3) is 7.35. The summed E-state index contributed by atoms with van der Waals surface area (Å²) in [5.74, 6) is -0.364. The maximum atomic E-state index is 13.2. The van der Waals surface area contributed by atoms with Crippen LogP contribution in [0.4, 0.5) is 0 Å². The highest BCUT2D eigenvalue weighted by atomic mass is 28.4. The molecule has 4 saturated carbocycles. The summed E-state index contributed by atoms with van der Waals surface area (Å²) >= 11 is 0. The second-order valence-corrected chi connectivity index (χ2v) is 33.0. The van der Waals surface area contributed by atoms with E-state index in [-0.39, 0.29) is 69.0 Å². The Balaban J connectivity index is 1.22. The van der Waals surface area contributed by atoms with Crippen LogP contribution < -0.4 is 10.4 Å². The molecule has 344 valence electrons. The van der Waals surface area contributed by atoms with Crippen LogP contribution in [0.15, 0.2) is 65.8 Å². The van der Waals surface area contributed by atoms with Crippen LogP contribution in [0.25, 0.3) is 10.4 Å². The van der Waals surface area contributed by atoms with E-state index >= 15 is 0 Å². The highest BCUT2D eigenvalue weighted by Gasteiger charge is 2.76. The molecular formula is C51H75N3O7Si2. The zero-order chi connectivity index (χ0) is 45.8. The second-order valence-electron chi connectivity index (χ2n) is 24.0. The number of rotatable bonds is 9. The molecule has 8 rings (SSSR count). The van der Waals surface area contributed by atoms with Gasteiger partial charge < -0.3 is 23.1 Å². The molecule has 14 atom stereocenters. The minimum atomic E-state index is -3.09. The Morgan fingerprint density at radius 1 is 0.889 bits per heavy atom. The molecule has 10 nitrogen and oxygen atoms in total. The fourth-order valence-electron chi connectivity index (χ4n) is 14.4. The first-order valence-electron chi connectivity index (χ1n) is 23.9. The number of hydrogen-bond acceptors (Lipinski definition) is 8. The molecule has 2 aromatic rings. The predicted octanol–water partition coefficient (Wildman–Crippen LogP) is 10.5. The minimum absolute atomic E-state index is 0.0242. The summed E-state index contributed by atoms with van der Waals surface area (Å²) < 4.78 is 37.2. The molecule has 6 fully saturated rings. The van der Waals surface area contributed by atoms with Crippen molar-refractivity contribution < 1.29 is 32.7 Å². The molecule has 6 aliphatic rings. The van der Waals surface area contributed by atoms with Crippen molar-refractivity contribution in [3.05, 3.63) is 71.1 Å². The lowest BCUT2D eigenvalue weighted by atomic mass is 9.43. The summed E-state index contributed by atoms with van der Waals surface area (Å²) in [6.07, 6.45) is 4.22. The van der Waals surface area contributed by atoms with Gasteiger partial charge in [0.15, 0.2) is 14.1 Å². The Morgan fingerprint density at radius 2 is 1.51 bits per heavy atom. The van der Waals surface area contributed by atoms with Crippen LogP contribution in [0.5, 0.6) is 0 Å². The molecule has 12 heteroatoms. The number of carbonyl (C=O) groups excluding carboxylic acids is 2. The highest BCUT2D eigenvalue weighted by molar-refractivity contribution is 6.99. The van der Waals surface area contributed by atoms with Crippen LogP contribution in [0.2, 0.25) is 23.2 Å². The van der Waals surface area contributed by atoms with E-state index in [1.807, 2.05) is 0 Å². The van der Waals surface area contributed by atoms with Crippen molar-refractivity contribution in [3.63, 3.8) is 0 Å². The first kappa shape index (κ1) is 46.7. The van der Waals surface area contributed by atoms with Gasteiger partial charge in [0.1, 0.15) is 18.0 Å². The number of hydrogen-bond donors (Lipinski definition) is 0. The largest absolute Gasteiger partial charge is 0.462 e. The fourth-order valence-corrected chi connectivity index (χ4v) is 20.2.